The molecule has 0 N–H and O–H groups in total. The van der Waals surface area contributed by atoms with Gasteiger partial charge in [0.1, 0.15) is 0 Å². The van der Waals surface area contributed by atoms with Crippen molar-refractivity contribution in [3.05, 3.63) is 312 Å². The summed E-state index contributed by atoms with van der Waals surface area (Å²) >= 11 is 0. The highest BCUT2D eigenvalue weighted by Gasteiger charge is 2.32. The van der Waals surface area contributed by atoms with Crippen molar-refractivity contribution in [2.24, 2.45) is 0 Å². The predicted molar refractivity (Wildman–Crippen MR) is 316 cm³/mol. The van der Waals surface area contributed by atoms with Crippen molar-refractivity contribution in [2.75, 3.05) is 0 Å². The molecule has 2 aliphatic carbocycles. The van der Waals surface area contributed by atoms with Gasteiger partial charge in [-0.25, -0.2) is 4.98 Å². The Hall–Kier alpha value is -10.1. The molecule has 77 heavy (non-hydrogen) atoms. The lowest BCUT2D eigenvalue weighted by Crippen LogP contribution is -2.04. The van der Waals surface area contributed by atoms with Gasteiger partial charge in [0.15, 0.2) is 0 Å². The molecule has 13 aromatic rings. The zero-order chi connectivity index (χ0) is 51.0. The second-order valence-corrected chi connectivity index (χ2v) is 20.4. The van der Waals surface area contributed by atoms with Crippen LogP contribution in [-0.4, -0.2) is 9.55 Å². The highest BCUT2D eigenvalue weighted by atomic mass is 15.0. The standard InChI is InChI=1S/C74H47N3/c75-46-47-37-38-71-67(39-47)60-31-15-16-36-70(60)77(71)74-65(50-23-17-25-52(40-50)72-61-32-11-7-27-56(61)57-28-8-12-33-62(57)72)42-55(69-45-54(48-19-3-1-4-20-48)44-68(76-69)49-21-5-2-6-22-49)43-66(74)51-24-18-26-53(41-51)73-63-34-13-9-29-58(63)59-30-10-14-35-64(59)73/h1-45,72-73H. The molecule has 2 aromatic heterocycles. The topological polar surface area (TPSA) is 41.6 Å². The van der Waals surface area contributed by atoms with E-state index in [4.69, 9.17) is 4.98 Å². The summed E-state index contributed by atoms with van der Waals surface area (Å²) in [6, 6.07) is 102. The van der Waals surface area contributed by atoms with Crippen molar-refractivity contribution in [1.82, 2.24) is 9.55 Å². The summed E-state index contributed by atoms with van der Waals surface area (Å²) in [5.74, 6) is 0.107. The van der Waals surface area contributed by atoms with E-state index in [0.29, 0.717) is 5.56 Å². The Morgan fingerprint density at radius 3 is 1.29 bits per heavy atom. The van der Waals surface area contributed by atoms with Gasteiger partial charge < -0.3 is 4.57 Å². The molecule has 0 fully saturated rings. The van der Waals surface area contributed by atoms with Gasteiger partial charge in [0.25, 0.3) is 0 Å². The molecule has 0 radical (unpaired) electrons. The molecule has 0 saturated carbocycles. The van der Waals surface area contributed by atoms with Gasteiger partial charge in [-0.3, -0.25) is 0 Å². The average molecular weight is 978 g/mol. The minimum Gasteiger partial charge on any atom is -0.308 e. The smallest absolute Gasteiger partial charge is 0.0991 e. The molecule has 2 heterocycles. The number of benzene rings is 11. The maximum absolute atomic E-state index is 10.3. The first-order valence-corrected chi connectivity index (χ1v) is 26.5. The van der Waals surface area contributed by atoms with Crippen molar-refractivity contribution >= 4 is 21.8 Å². The lowest BCUT2D eigenvalue weighted by Gasteiger charge is -2.23. The predicted octanol–water partition coefficient (Wildman–Crippen LogP) is 18.7. The Morgan fingerprint density at radius 2 is 0.753 bits per heavy atom. The van der Waals surface area contributed by atoms with Gasteiger partial charge in [0, 0.05) is 44.9 Å². The number of aromatic nitrogens is 2. The lowest BCUT2D eigenvalue weighted by molar-refractivity contribution is 1.01. The van der Waals surface area contributed by atoms with Crippen LogP contribution in [0.2, 0.25) is 0 Å². The van der Waals surface area contributed by atoms with E-state index >= 15 is 0 Å². The Kier molecular flexibility index (Phi) is 10.4. The van der Waals surface area contributed by atoms with Crippen LogP contribution < -0.4 is 0 Å². The number of hydrogen-bond donors (Lipinski definition) is 0. The van der Waals surface area contributed by atoms with Crippen molar-refractivity contribution in [1.29, 1.82) is 5.26 Å². The third-order valence-electron chi connectivity index (χ3n) is 16.2. The van der Waals surface area contributed by atoms with E-state index in [1.165, 1.54) is 55.6 Å². The maximum atomic E-state index is 10.3. The lowest BCUT2D eigenvalue weighted by atomic mass is 9.85. The molecule has 0 atom stereocenters. The summed E-state index contributed by atoms with van der Waals surface area (Å²) in [6.45, 7) is 0. The molecule has 0 spiro atoms. The molecule has 0 unspecified atom stereocenters. The van der Waals surface area contributed by atoms with Crippen LogP contribution in [0.3, 0.4) is 0 Å². The molecule has 0 aliphatic heterocycles. The molecule has 2 aliphatic rings. The van der Waals surface area contributed by atoms with Gasteiger partial charge in [-0.15, -0.1) is 0 Å². The van der Waals surface area contributed by atoms with Crippen LogP contribution in [0.25, 0.3) is 106 Å². The molecule has 15 rings (SSSR count). The van der Waals surface area contributed by atoms with Crippen LogP contribution in [0.15, 0.2) is 273 Å². The normalized spacial score (nSPS) is 12.6. The fourth-order valence-corrected chi connectivity index (χ4v) is 12.8. The van der Waals surface area contributed by atoms with Crippen LogP contribution >= 0.6 is 0 Å². The van der Waals surface area contributed by atoms with Crippen LogP contribution in [0.4, 0.5) is 0 Å². The molecule has 0 bridgehead atoms. The first-order chi connectivity index (χ1) is 38.1. The number of rotatable bonds is 8. The SMILES string of the molecule is N#Cc1ccc2c(c1)c1ccccc1n2-c1c(-c2cccc(C3c4ccccc4-c4ccccc43)c2)cc(-c2cc(-c3ccccc3)cc(-c3ccccc3)n2)cc1-c1cccc(C2c3ccccc3-c3ccccc32)c1. The number of nitrogens with zero attached hydrogens (tertiary/aromatic N) is 3. The van der Waals surface area contributed by atoms with E-state index in [9.17, 15) is 5.26 Å². The van der Waals surface area contributed by atoms with E-state index in [-0.39, 0.29) is 11.8 Å². The minimum absolute atomic E-state index is 0.0533. The number of para-hydroxylation sites is 1. The van der Waals surface area contributed by atoms with E-state index in [0.717, 1.165) is 83.4 Å². The van der Waals surface area contributed by atoms with Gasteiger partial charge in [0.05, 0.1) is 39.7 Å². The third-order valence-corrected chi connectivity index (χ3v) is 16.2. The Bertz CT molecular complexity index is 4230. The summed E-state index contributed by atoms with van der Waals surface area (Å²) in [5, 5.41) is 12.4. The first-order valence-electron chi connectivity index (χ1n) is 26.5. The van der Waals surface area contributed by atoms with Crippen molar-refractivity contribution in [3.63, 3.8) is 0 Å². The van der Waals surface area contributed by atoms with Gasteiger partial charge in [-0.2, -0.15) is 5.26 Å². The van der Waals surface area contributed by atoms with Crippen LogP contribution in [0.1, 0.15) is 50.8 Å². The van der Waals surface area contributed by atoms with Crippen LogP contribution in [0, 0.1) is 11.3 Å². The maximum Gasteiger partial charge on any atom is 0.0991 e. The van der Waals surface area contributed by atoms with E-state index in [1.807, 2.05) is 6.07 Å². The number of hydrogen-bond acceptors (Lipinski definition) is 2. The zero-order valence-corrected chi connectivity index (χ0v) is 42.0. The molecular formula is C74H47N3. The summed E-state index contributed by atoms with van der Waals surface area (Å²) in [6.07, 6.45) is 0. The second-order valence-electron chi connectivity index (χ2n) is 20.4. The fraction of sp³-hybridized carbons (Fsp3) is 0.0270. The zero-order valence-electron chi connectivity index (χ0n) is 42.0. The monoisotopic (exact) mass is 977 g/mol. The van der Waals surface area contributed by atoms with Crippen molar-refractivity contribution in [2.45, 2.75) is 11.8 Å². The molecule has 3 heteroatoms. The second kappa shape index (κ2) is 18.1. The summed E-state index contributed by atoms with van der Waals surface area (Å²) in [7, 11) is 0. The Labute approximate surface area is 447 Å². The molecule has 0 amide bonds. The Balaban J connectivity index is 1.06. The van der Waals surface area contributed by atoms with Gasteiger partial charge in [-0.05, 0) is 126 Å². The highest BCUT2D eigenvalue weighted by Crippen LogP contribution is 2.52. The molecule has 0 saturated heterocycles. The van der Waals surface area contributed by atoms with Crippen LogP contribution in [0.5, 0.6) is 0 Å². The van der Waals surface area contributed by atoms with Gasteiger partial charge in [-0.1, -0.05) is 224 Å². The largest absolute Gasteiger partial charge is 0.308 e. The minimum atomic E-state index is 0.0533. The van der Waals surface area contributed by atoms with E-state index in [1.54, 1.807) is 0 Å². The first kappa shape index (κ1) is 44.4. The fourth-order valence-electron chi connectivity index (χ4n) is 12.8. The van der Waals surface area contributed by atoms with Gasteiger partial charge in [0.2, 0.25) is 0 Å². The van der Waals surface area contributed by atoms with Crippen molar-refractivity contribution < 1.29 is 0 Å². The quantitative estimate of drug-likeness (QED) is 0.152. The van der Waals surface area contributed by atoms with E-state index in [2.05, 4.69) is 278 Å². The van der Waals surface area contributed by atoms with E-state index < -0.39 is 0 Å². The van der Waals surface area contributed by atoms with Gasteiger partial charge >= 0.3 is 0 Å². The molecular weight excluding hydrogens is 931 g/mol. The molecule has 11 aromatic carbocycles. The molecule has 358 valence electrons. The number of pyridine rings is 1. The molecule has 3 nitrogen and oxygen atoms in total. The van der Waals surface area contributed by atoms with Crippen molar-refractivity contribution in [3.8, 4) is 89.9 Å². The number of nitriles is 1. The third kappa shape index (κ3) is 7.30. The number of fused-ring (bicyclic) bond motifs is 9. The summed E-state index contributed by atoms with van der Waals surface area (Å²) in [5.41, 5.74) is 27.1. The van der Waals surface area contributed by atoms with Crippen LogP contribution in [-0.2, 0) is 0 Å². The summed E-state index contributed by atoms with van der Waals surface area (Å²) in [4.78, 5) is 5.60. The highest BCUT2D eigenvalue weighted by molar-refractivity contribution is 6.11. The Morgan fingerprint density at radius 1 is 0.312 bits per heavy atom. The average Bonchev–Trinajstić information content (AvgIpc) is 4.17. The summed E-state index contributed by atoms with van der Waals surface area (Å²) < 4.78 is 2.46.